The molecule has 1 aromatic carbocycles. The van der Waals surface area contributed by atoms with Crippen molar-refractivity contribution in [1.29, 1.82) is 0 Å². The quantitative estimate of drug-likeness (QED) is 0.513. The average Bonchev–Trinajstić information content (AvgIpc) is 2.39. The number of hydrogen-bond acceptors (Lipinski definition) is 5. The Morgan fingerprint density at radius 3 is 2.75 bits per heavy atom. The SMILES string of the molecule is Cc1ccc([N+](=O)[O-])c(NC2CCC(=O)N(C)C2=O)c1. The molecule has 7 nitrogen and oxygen atoms in total. The molecule has 1 atom stereocenters. The van der Waals surface area contributed by atoms with Gasteiger partial charge in [0.05, 0.1) is 4.92 Å². The van der Waals surface area contributed by atoms with Gasteiger partial charge in [-0.05, 0) is 25.0 Å². The summed E-state index contributed by atoms with van der Waals surface area (Å²) in [5.74, 6) is -0.594. The Morgan fingerprint density at radius 1 is 1.40 bits per heavy atom. The van der Waals surface area contributed by atoms with Gasteiger partial charge in [0.1, 0.15) is 11.7 Å². The van der Waals surface area contributed by atoms with Crippen LogP contribution in [-0.2, 0) is 9.59 Å². The summed E-state index contributed by atoms with van der Waals surface area (Å²) < 4.78 is 0. The van der Waals surface area contributed by atoms with Crippen LogP contribution >= 0.6 is 0 Å². The molecule has 1 aliphatic heterocycles. The second-order valence-electron chi connectivity index (χ2n) is 4.80. The first-order chi connectivity index (χ1) is 9.40. The normalized spacial score (nSPS) is 19.1. The molecule has 0 saturated carbocycles. The number of likely N-dealkylation sites (N-methyl/N-ethyl adjacent to an activating group) is 1. The van der Waals surface area contributed by atoms with Gasteiger partial charge in [0.2, 0.25) is 5.91 Å². The van der Waals surface area contributed by atoms with Crippen molar-refractivity contribution in [1.82, 2.24) is 4.90 Å². The number of amides is 2. The van der Waals surface area contributed by atoms with Crippen LogP contribution in [0.3, 0.4) is 0 Å². The molecule has 0 radical (unpaired) electrons. The third-order valence-electron chi connectivity index (χ3n) is 3.33. The number of nitrogens with one attached hydrogen (secondary N) is 1. The van der Waals surface area contributed by atoms with Gasteiger partial charge >= 0.3 is 0 Å². The van der Waals surface area contributed by atoms with E-state index in [1.807, 2.05) is 6.92 Å². The fourth-order valence-corrected chi connectivity index (χ4v) is 2.16. The number of hydrogen-bond donors (Lipinski definition) is 1. The molecule has 106 valence electrons. The van der Waals surface area contributed by atoms with Crippen LogP contribution in [0.2, 0.25) is 0 Å². The minimum absolute atomic E-state index is 0.0806. The zero-order valence-corrected chi connectivity index (χ0v) is 11.3. The standard InChI is InChI=1S/C13H15N3O4/c1-8-3-5-11(16(19)20)10(7-8)14-9-4-6-12(17)15(2)13(9)18/h3,5,7,9,14H,4,6H2,1-2H3. The molecule has 1 unspecified atom stereocenters. The molecule has 2 amide bonds. The Kier molecular flexibility index (Phi) is 3.69. The summed E-state index contributed by atoms with van der Waals surface area (Å²) in [5.41, 5.74) is 1.07. The van der Waals surface area contributed by atoms with Crippen LogP contribution in [0.5, 0.6) is 0 Å². The van der Waals surface area contributed by atoms with E-state index in [0.29, 0.717) is 12.1 Å². The van der Waals surface area contributed by atoms with E-state index in [1.165, 1.54) is 13.1 Å². The third kappa shape index (κ3) is 2.61. The number of benzene rings is 1. The number of anilines is 1. The molecule has 0 aliphatic carbocycles. The summed E-state index contributed by atoms with van der Waals surface area (Å²) in [4.78, 5) is 34.9. The lowest BCUT2D eigenvalue weighted by Crippen LogP contribution is -2.48. The predicted octanol–water partition coefficient (Wildman–Crippen LogP) is 1.46. The van der Waals surface area contributed by atoms with Crippen molar-refractivity contribution in [3.63, 3.8) is 0 Å². The second kappa shape index (κ2) is 5.28. The van der Waals surface area contributed by atoms with Crippen LogP contribution < -0.4 is 5.32 Å². The lowest BCUT2D eigenvalue weighted by molar-refractivity contribution is -0.384. The van der Waals surface area contributed by atoms with E-state index in [4.69, 9.17) is 0 Å². The Hall–Kier alpha value is -2.44. The lowest BCUT2D eigenvalue weighted by Gasteiger charge is -2.28. The van der Waals surface area contributed by atoms with Crippen molar-refractivity contribution >= 4 is 23.2 Å². The van der Waals surface area contributed by atoms with Crippen LogP contribution in [0.15, 0.2) is 18.2 Å². The topological polar surface area (TPSA) is 92.6 Å². The summed E-state index contributed by atoms with van der Waals surface area (Å²) in [5, 5.41) is 13.9. The Morgan fingerprint density at radius 2 is 2.10 bits per heavy atom. The van der Waals surface area contributed by atoms with Crippen LogP contribution in [0.1, 0.15) is 18.4 Å². The number of carbonyl (C=O) groups is 2. The van der Waals surface area contributed by atoms with Crippen molar-refractivity contribution in [2.24, 2.45) is 0 Å². The summed E-state index contributed by atoms with van der Waals surface area (Å²) in [6.45, 7) is 1.81. The maximum absolute atomic E-state index is 12.0. The van der Waals surface area contributed by atoms with Gasteiger partial charge in [0.25, 0.3) is 11.6 Å². The van der Waals surface area contributed by atoms with E-state index < -0.39 is 11.0 Å². The molecule has 1 N–H and O–H groups in total. The fraction of sp³-hybridized carbons (Fsp3) is 0.385. The van der Waals surface area contributed by atoms with Crippen molar-refractivity contribution in [2.45, 2.75) is 25.8 Å². The van der Waals surface area contributed by atoms with E-state index in [0.717, 1.165) is 10.5 Å². The number of nitrogens with zero attached hydrogens (tertiary/aromatic N) is 2. The van der Waals surface area contributed by atoms with E-state index in [9.17, 15) is 19.7 Å². The highest BCUT2D eigenvalue weighted by atomic mass is 16.6. The second-order valence-corrected chi connectivity index (χ2v) is 4.80. The largest absolute Gasteiger partial charge is 0.368 e. The first-order valence-corrected chi connectivity index (χ1v) is 6.22. The molecule has 0 aromatic heterocycles. The van der Waals surface area contributed by atoms with Gasteiger partial charge in [-0.15, -0.1) is 0 Å². The predicted molar refractivity (Wildman–Crippen MR) is 72.3 cm³/mol. The average molecular weight is 277 g/mol. The van der Waals surface area contributed by atoms with Crippen molar-refractivity contribution < 1.29 is 14.5 Å². The molecular weight excluding hydrogens is 262 g/mol. The molecular formula is C13H15N3O4. The van der Waals surface area contributed by atoms with Gasteiger partial charge in [0, 0.05) is 19.5 Å². The number of carbonyl (C=O) groups excluding carboxylic acids is 2. The van der Waals surface area contributed by atoms with Gasteiger partial charge in [-0.25, -0.2) is 0 Å². The smallest absolute Gasteiger partial charge is 0.292 e. The Balaban J connectivity index is 2.26. The minimum Gasteiger partial charge on any atom is -0.368 e. The highest BCUT2D eigenvalue weighted by Crippen LogP contribution is 2.27. The van der Waals surface area contributed by atoms with Crippen molar-refractivity contribution in [3.8, 4) is 0 Å². The van der Waals surface area contributed by atoms with Crippen LogP contribution in [-0.4, -0.2) is 34.7 Å². The van der Waals surface area contributed by atoms with Crippen molar-refractivity contribution in [3.05, 3.63) is 33.9 Å². The van der Waals surface area contributed by atoms with Gasteiger partial charge in [-0.1, -0.05) is 6.07 Å². The van der Waals surface area contributed by atoms with Crippen LogP contribution in [0, 0.1) is 17.0 Å². The number of imide groups is 1. The van der Waals surface area contributed by atoms with Gasteiger partial charge < -0.3 is 5.32 Å². The lowest BCUT2D eigenvalue weighted by atomic mass is 10.0. The summed E-state index contributed by atoms with van der Waals surface area (Å²) >= 11 is 0. The number of nitro groups is 1. The van der Waals surface area contributed by atoms with Crippen molar-refractivity contribution in [2.75, 3.05) is 12.4 Å². The molecule has 1 fully saturated rings. The highest BCUT2D eigenvalue weighted by molar-refractivity contribution is 6.01. The minimum atomic E-state index is -0.613. The van der Waals surface area contributed by atoms with E-state index in [1.54, 1.807) is 12.1 Å². The summed E-state index contributed by atoms with van der Waals surface area (Å²) in [6.07, 6.45) is 0.590. The van der Waals surface area contributed by atoms with Gasteiger partial charge in [0.15, 0.2) is 0 Å². The monoisotopic (exact) mass is 277 g/mol. The van der Waals surface area contributed by atoms with E-state index in [2.05, 4.69) is 5.32 Å². The van der Waals surface area contributed by atoms with E-state index >= 15 is 0 Å². The summed E-state index contributed by atoms with van der Waals surface area (Å²) in [6, 6.07) is 4.06. The Labute approximate surface area is 115 Å². The molecule has 1 aliphatic rings. The highest BCUT2D eigenvalue weighted by Gasteiger charge is 2.32. The van der Waals surface area contributed by atoms with Gasteiger partial charge in [-0.2, -0.15) is 0 Å². The number of rotatable bonds is 3. The van der Waals surface area contributed by atoms with Gasteiger partial charge in [-0.3, -0.25) is 24.6 Å². The third-order valence-corrected chi connectivity index (χ3v) is 3.33. The van der Waals surface area contributed by atoms with E-state index in [-0.39, 0.29) is 23.9 Å². The number of nitro benzene ring substituents is 1. The molecule has 2 rings (SSSR count). The maximum atomic E-state index is 12.0. The molecule has 0 bridgehead atoms. The first kappa shape index (κ1) is 14.0. The summed E-state index contributed by atoms with van der Waals surface area (Å²) in [7, 11) is 1.42. The first-order valence-electron chi connectivity index (χ1n) is 6.22. The number of piperidine rings is 1. The zero-order valence-electron chi connectivity index (χ0n) is 11.3. The molecule has 0 spiro atoms. The van der Waals surface area contributed by atoms with Crippen LogP contribution in [0.4, 0.5) is 11.4 Å². The fourth-order valence-electron chi connectivity index (χ4n) is 2.16. The number of aryl methyl sites for hydroxylation is 1. The maximum Gasteiger partial charge on any atom is 0.292 e. The zero-order chi connectivity index (χ0) is 14.9. The molecule has 1 aromatic rings. The molecule has 7 heteroatoms. The molecule has 1 heterocycles. The molecule has 1 saturated heterocycles. The number of likely N-dealkylation sites (tertiary alicyclic amines) is 1. The van der Waals surface area contributed by atoms with Crippen LogP contribution in [0.25, 0.3) is 0 Å². The molecule has 20 heavy (non-hydrogen) atoms. The Bertz CT molecular complexity index is 585.